The Kier molecular flexibility index (Phi) is 5.00. The molecule has 4 nitrogen and oxygen atoms in total. The lowest BCUT2D eigenvalue weighted by Gasteiger charge is -2.24. The van der Waals surface area contributed by atoms with Crippen LogP contribution in [0.3, 0.4) is 0 Å². The molecule has 112 valence electrons. The molecule has 20 heavy (non-hydrogen) atoms. The quantitative estimate of drug-likeness (QED) is 0.894. The van der Waals surface area contributed by atoms with Gasteiger partial charge >= 0.3 is 0 Å². The molecule has 4 heteroatoms. The van der Waals surface area contributed by atoms with Gasteiger partial charge in [0.05, 0.1) is 0 Å². The van der Waals surface area contributed by atoms with Crippen molar-refractivity contribution in [2.45, 2.75) is 45.8 Å². The number of hydrogen-bond acceptors (Lipinski definition) is 4. The van der Waals surface area contributed by atoms with Crippen LogP contribution in [0, 0.1) is 5.92 Å². The molecule has 2 N–H and O–H groups in total. The maximum absolute atomic E-state index is 5.79. The number of nitrogens with zero attached hydrogens (tertiary/aromatic N) is 3. The normalized spacial score (nSPS) is 23.5. The number of anilines is 1. The number of likely N-dealkylation sites (tertiary alicyclic amines) is 1. The fourth-order valence-corrected chi connectivity index (χ4v) is 2.83. The topological polar surface area (TPSA) is 45.4 Å². The van der Waals surface area contributed by atoms with Crippen molar-refractivity contribution >= 4 is 5.82 Å². The Morgan fingerprint density at radius 1 is 1.45 bits per heavy atom. The summed E-state index contributed by atoms with van der Waals surface area (Å²) < 4.78 is 0. The first-order valence-electron chi connectivity index (χ1n) is 7.63. The molecule has 0 aromatic carbocycles. The van der Waals surface area contributed by atoms with E-state index in [4.69, 9.17) is 5.73 Å². The minimum atomic E-state index is 0.470. The molecule has 1 fully saturated rings. The molecule has 1 aliphatic heterocycles. The van der Waals surface area contributed by atoms with E-state index in [0.717, 1.165) is 25.5 Å². The lowest BCUT2D eigenvalue weighted by atomic mass is 10.1. The number of nitrogens with two attached hydrogens (primary N) is 1. The van der Waals surface area contributed by atoms with Crippen molar-refractivity contribution in [2.24, 2.45) is 11.7 Å². The van der Waals surface area contributed by atoms with Crippen molar-refractivity contribution in [2.75, 3.05) is 25.0 Å². The second kappa shape index (κ2) is 6.55. The number of aromatic nitrogens is 1. The van der Waals surface area contributed by atoms with E-state index < -0.39 is 0 Å². The highest BCUT2D eigenvalue weighted by Crippen LogP contribution is 2.24. The van der Waals surface area contributed by atoms with Crippen molar-refractivity contribution in [1.29, 1.82) is 0 Å². The van der Waals surface area contributed by atoms with E-state index in [-0.39, 0.29) is 0 Å². The van der Waals surface area contributed by atoms with E-state index in [1.165, 1.54) is 12.0 Å². The number of rotatable bonds is 5. The second-order valence-corrected chi connectivity index (χ2v) is 6.35. The molecule has 0 saturated carbocycles. The van der Waals surface area contributed by atoms with E-state index >= 15 is 0 Å². The third-order valence-corrected chi connectivity index (χ3v) is 4.45. The molecule has 0 bridgehead atoms. The Bertz CT molecular complexity index is 415. The molecule has 2 rings (SSSR count). The number of hydrogen-bond donors (Lipinski definition) is 1. The minimum absolute atomic E-state index is 0.470. The zero-order valence-corrected chi connectivity index (χ0v) is 13.2. The van der Waals surface area contributed by atoms with Crippen LogP contribution in [0.2, 0.25) is 0 Å². The average molecular weight is 276 g/mol. The molecule has 1 saturated heterocycles. The lowest BCUT2D eigenvalue weighted by molar-refractivity contribution is 0.255. The Hall–Kier alpha value is -1.13. The Morgan fingerprint density at radius 3 is 2.70 bits per heavy atom. The molecular formula is C16H28N4. The van der Waals surface area contributed by atoms with Crippen molar-refractivity contribution in [3.63, 3.8) is 0 Å². The summed E-state index contributed by atoms with van der Waals surface area (Å²) in [5.41, 5.74) is 7.08. The van der Waals surface area contributed by atoms with Gasteiger partial charge < -0.3 is 10.6 Å². The summed E-state index contributed by atoms with van der Waals surface area (Å²) in [6.07, 6.45) is 3.23. The Labute approximate surface area is 123 Å². The largest absolute Gasteiger partial charge is 0.357 e. The summed E-state index contributed by atoms with van der Waals surface area (Å²) in [5.74, 6) is 1.70. The van der Waals surface area contributed by atoms with E-state index in [0.29, 0.717) is 18.0 Å². The van der Waals surface area contributed by atoms with Crippen LogP contribution in [-0.2, 0) is 6.54 Å². The van der Waals surface area contributed by atoms with Gasteiger partial charge in [-0.3, -0.25) is 4.90 Å². The lowest BCUT2D eigenvalue weighted by Crippen LogP contribution is -2.28. The van der Waals surface area contributed by atoms with Gasteiger partial charge in [-0.1, -0.05) is 6.07 Å². The van der Waals surface area contributed by atoms with Crippen molar-refractivity contribution in [3.05, 3.63) is 23.9 Å². The van der Waals surface area contributed by atoms with Gasteiger partial charge in [0, 0.05) is 38.4 Å². The van der Waals surface area contributed by atoms with Crippen LogP contribution in [0.4, 0.5) is 5.82 Å². The van der Waals surface area contributed by atoms with E-state index in [1.807, 2.05) is 6.20 Å². The summed E-state index contributed by atoms with van der Waals surface area (Å²) in [7, 11) is 2.08. The summed E-state index contributed by atoms with van der Waals surface area (Å²) in [5, 5.41) is 0. The first kappa shape index (κ1) is 15.3. The van der Waals surface area contributed by atoms with Gasteiger partial charge in [0.25, 0.3) is 0 Å². The summed E-state index contributed by atoms with van der Waals surface area (Å²) in [4.78, 5) is 9.28. The maximum Gasteiger partial charge on any atom is 0.128 e. The van der Waals surface area contributed by atoms with Gasteiger partial charge in [-0.2, -0.15) is 0 Å². The van der Waals surface area contributed by atoms with Gasteiger partial charge in [0.15, 0.2) is 0 Å². The van der Waals surface area contributed by atoms with Gasteiger partial charge in [-0.25, -0.2) is 4.98 Å². The predicted molar refractivity (Wildman–Crippen MR) is 84.8 cm³/mol. The molecule has 0 amide bonds. The molecular weight excluding hydrogens is 248 g/mol. The Balaban J connectivity index is 1.97. The zero-order chi connectivity index (χ0) is 14.7. The molecule has 1 aromatic rings. The zero-order valence-electron chi connectivity index (χ0n) is 13.2. The van der Waals surface area contributed by atoms with Gasteiger partial charge in [-0.05, 0) is 51.3 Å². The monoisotopic (exact) mass is 276 g/mol. The van der Waals surface area contributed by atoms with Crippen LogP contribution in [0.1, 0.15) is 32.8 Å². The molecule has 1 aromatic heterocycles. The molecule has 2 heterocycles. The van der Waals surface area contributed by atoms with Gasteiger partial charge in [0.2, 0.25) is 0 Å². The van der Waals surface area contributed by atoms with Crippen LogP contribution in [0.5, 0.6) is 0 Å². The van der Waals surface area contributed by atoms with Crippen molar-refractivity contribution < 1.29 is 0 Å². The molecule has 2 atom stereocenters. The minimum Gasteiger partial charge on any atom is -0.357 e. The average Bonchev–Trinajstić information content (AvgIpc) is 2.79. The molecule has 0 radical (unpaired) electrons. The van der Waals surface area contributed by atoms with Crippen molar-refractivity contribution in [3.8, 4) is 0 Å². The summed E-state index contributed by atoms with van der Waals surface area (Å²) >= 11 is 0. The third-order valence-electron chi connectivity index (χ3n) is 4.45. The fourth-order valence-electron chi connectivity index (χ4n) is 2.83. The summed E-state index contributed by atoms with van der Waals surface area (Å²) in [6, 6.07) is 5.42. The highest BCUT2D eigenvalue weighted by Gasteiger charge is 2.27. The SMILES string of the molecule is CC1CC(CN)CN1Cc1ccc(N(C)C(C)C)nc1. The van der Waals surface area contributed by atoms with Crippen LogP contribution in [-0.4, -0.2) is 42.1 Å². The second-order valence-electron chi connectivity index (χ2n) is 6.35. The standard InChI is InChI=1S/C16H28N4/c1-12(2)19(4)16-6-5-14(9-18-16)10-20-11-15(8-17)7-13(20)3/h5-6,9,12-13,15H,7-8,10-11,17H2,1-4H3. The van der Waals surface area contributed by atoms with Crippen molar-refractivity contribution in [1.82, 2.24) is 9.88 Å². The fraction of sp³-hybridized carbons (Fsp3) is 0.688. The van der Waals surface area contributed by atoms with Crippen LogP contribution in [0.25, 0.3) is 0 Å². The number of pyridine rings is 1. The smallest absolute Gasteiger partial charge is 0.128 e. The molecule has 1 aliphatic rings. The first-order chi connectivity index (χ1) is 9.51. The summed E-state index contributed by atoms with van der Waals surface area (Å²) in [6.45, 7) is 9.55. The first-order valence-corrected chi connectivity index (χ1v) is 7.63. The van der Waals surface area contributed by atoms with E-state index in [2.05, 4.69) is 54.7 Å². The van der Waals surface area contributed by atoms with Crippen LogP contribution >= 0.6 is 0 Å². The highest BCUT2D eigenvalue weighted by molar-refractivity contribution is 5.39. The molecule has 2 unspecified atom stereocenters. The third kappa shape index (κ3) is 3.49. The van der Waals surface area contributed by atoms with E-state index in [1.54, 1.807) is 0 Å². The predicted octanol–water partition coefficient (Wildman–Crippen LogP) is 2.10. The maximum atomic E-state index is 5.79. The van der Waals surface area contributed by atoms with Gasteiger partial charge in [0.1, 0.15) is 5.82 Å². The molecule has 0 spiro atoms. The Morgan fingerprint density at radius 2 is 2.20 bits per heavy atom. The van der Waals surface area contributed by atoms with Gasteiger partial charge in [-0.15, -0.1) is 0 Å². The molecule has 0 aliphatic carbocycles. The van der Waals surface area contributed by atoms with E-state index in [9.17, 15) is 0 Å². The highest BCUT2D eigenvalue weighted by atomic mass is 15.2. The van der Waals surface area contributed by atoms with Crippen LogP contribution < -0.4 is 10.6 Å². The van der Waals surface area contributed by atoms with Crippen LogP contribution in [0.15, 0.2) is 18.3 Å².